The fourth-order valence-electron chi connectivity index (χ4n) is 1.69. The van der Waals surface area contributed by atoms with E-state index in [1.807, 2.05) is 39.2 Å². The minimum Gasteiger partial charge on any atom is -0.387 e. The van der Waals surface area contributed by atoms with Gasteiger partial charge >= 0.3 is 0 Å². The van der Waals surface area contributed by atoms with Crippen molar-refractivity contribution >= 4 is 11.6 Å². The van der Waals surface area contributed by atoms with Crippen LogP contribution in [0.4, 0.5) is 5.69 Å². The highest BCUT2D eigenvalue weighted by Gasteiger charge is 2.14. The lowest BCUT2D eigenvalue weighted by Crippen LogP contribution is -2.28. The molecule has 3 nitrogen and oxygen atoms in total. The summed E-state index contributed by atoms with van der Waals surface area (Å²) in [5.74, 6) is 0.0752. The van der Waals surface area contributed by atoms with Crippen LogP contribution in [0.2, 0.25) is 0 Å². The first kappa shape index (κ1) is 12.6. The molecule has 0 spiro atoms. The molecule has 0 saturated carbocycles. The first-order valence-electron chi connectivity index (χ1n) is 5.64. The van der Waals surface area contributed by atoms with Gasteiger partial charge in [0.2, 0.25) is 0 Å². The second-order valence-corrected chi connectivity index (χ2v) is 4.03. The Kier molecular flexibility index (Phi) is 4.35. The fourth-order valence-corrected chi connectivity index (χ4v) is 1.69. The number of amides is 1. The Morgan fingerprint density at radius 2 is 2.12 bits per heavy atom. The highest BCUT2D eigenvalue weighted by molar-refractivity contribution is 5.99. The molecule has 0 aliphatic heterocycles. The largest absolute Gasteiger partial charge is 0.387 e. The molecule has 0 fully saturated rings. The third-order valence-electron chi connectivity index (χ3n) is 2.58. The summed E-state index contributed by atoms with van der Waals surface area (Å²) in [4.78, 5) is 13.9. The van der Waals surface area contributed by atoms with Crippen molar-refractivity contribution < 1.29 is 4.79 Å². The number of aryl methyl sites for hydroxylation is 1. The predicted octanol–water partition coefficient (Wildman–Crippen LogP) is 2.52. The van der Waals surface area contributed by atoms with Crippen LogP contribution in [0.3, 0.4) is 0 Å². The first-order valence-corrected chi connectivity index (χ1v) is 5.64. The zero-order valence-electron chi connectivity index (χ0n) is 10.5. The molecule has 88 valence electrons. The van der Waals surface area contributed by atoms with E-state index in [1.165, 1.54) is 0 Å². The minimum absolute atomic E-state index is 0.0752. The molecule has 3 heteroatoms. The Morgan fingerprint density at radius 1 is 1.44 bits per heavy atom. The molecule has 0 unspecified atom stereocenters. The van der Waals surface area contributed by atoms with Crippen molar-refractivity contribution in [3.05, 3.63) is 29.3 Å². The van der Waals surface area contributed by atoms with E-state index in [2.05, 4.69) is 12.2 Å². The van der Waals surface area contributed by atoms with E-state index < -0.39 is 0 Å². The average Bonchev–Trinajstić information content (AvgIpc) is 2.28. The number of nitrogens with zero attached hydrogens (tertiary/aromatic N) is 1. The Labute approximate surface area is 97.5 Å². The molecule has 1 aromatic carbocycles. The molecule has 0 heterocycles. The van der Waals surface area contributed by atoms with Crippen LogP contribution in [0.15, 0.2) is 18.2 Å². The molecule has 0 saturated heterocycles. The third-order valence-corrected chi connectivity index (χ3v) is 2.58. The van der Waals surface area contributed by atoms with Gasteiger partial charge in [0.1, 0.15) is 0 Å². The van der Waals surface area contributed by atoms with E-state index in [9.17, 15) is 4.79 Å². The number of carbonyl (C=O) groups excluding carboxylic acids is 1. The van der Waals surface area contributed by atoms with Gasteiger partial charge in [-0.2, -0.15) is 0 Å². The lowest BCUT2D eigenvalue weighted by atomic mass is 10.1. The van der Waals surface area contributed by atoms with Crippen LogP contribution in [-0.4, -0.2) is 31.4 Å². The molecule has 1 aromatic rings. The van der Waals surface area contributed by atoms with Gasteiger partial charge in [-0.1, -0.05) is 13.0 Å². The topological polar surface area (TPSA) is 32.3 Å². The zero-order chi connectivity index (χ0) is 12.1. The molecule has 0 atom stereocenters. The second-order valence-electron chi connectivity index (χ2n) is 4.03. The zero-order valence-corrected chi connectivity index (χ0v) is 10.5. The molecule has 1 amide bonds. The number of anilines is 1. The van der Waals surface area contributed by atoms with Crippen molar-refractivity contribution in [2.24, 2.45) is 0 Å². The Morgan fingerprint density at radius 3 is 2.69 bits per heavy atom. The van der Waals surface area contributed by atoms with Gasteiger partial charge in [-0.05, 0) is 31.0 Å². The van der Waals surface area contributed by atoms with Gasteiger partial charge in [0.05, 0.1) is 5.56 Å². The van der Waals surface area contributed by atoms with Crippen molar-refractivity contribution in [1.82, 2.24) is 4.90 Å². The van der Waals surface area contributed by atoms with Gasteiger partial charge < -0.3 is 10.2 Å². The van der Waals surface area contributed by atoms with Crippen LogP contribution in [0.25, 0.3) is 0 Å². The first-order chi connectivity index (χ1) is 7.60. The normalized spacial score (nSPS) is 10.0. The number of carbonyl (C=O) groups is 1. The molecule has 0 bridgehead atoms. The average molecular weight is 220 g/mol. The summed E-state index contributed by atoms with van der Waals surface area (Å²) >= 11 is 0. The minimum atomic E-state index is 0.0752. The van der Waals surface area contributed by atoms with Crippen molar-refractivity contribution in [3.63, 3.8) is 0 Å². The lowest BCUT2D eigenvalue weighted by Gasteiger charge is -2.18. The predicted molar refractivity (Wildman–Crippen MR) is 68.0 cm³/mol. The molecule has 0 aliphatic rings. The maximum atomic E-state index is 12.1. The maximum absolute atomic E-state index is 12.1. The van der Waals surface area contributed by atoms with E-state index in [0.29, 0.717) is 0 Å². The third kappa shape index (κ3) is 2.75. The summed E-state index contributed by atoms with van der Waals surface area (Å²) in [6.07, 6.45) is 0.975. The summed E-state index contributed by atoms with van der Waals surface area (Å²) in [7, 11) is 3.68. The highest BCUT2D eigenvalue weighted by atomic mass is 16.2. The second kappa shape index (κ2) is 5.54. The van der Waals surface area contributed by atoms with Gasteiger partial charge in [0, 0.05) is 26.3 Å². The van der Waals surface area contributed by atoms with Gasteiger partial charge in [-0.15, -0.1) is 0 Å². The molecule has 0 aliphatic carbocycles. The Balaban J connectivity index is 2.98. The summed E-state index contributed by atoms with van der Waals surface area (Å²) in [6.45, 7) is 4.87. The molecular weight excluding hydrogens is 200 g/mol. The number of hydrogen-bond donors (Lipinski definition) is 1. The number of hydrogen-bond acceptors (Lipinski definition) is 2. The monoisotopic (exact) mass is 220 g/mol. The summed E-state index contributed by atoms with van der Waals surface area (Å²) in [6, 6.07) is 5.84. The van der Waals surface area contributed by atoms with Crippen molar-refractivity contribution in [2.45, 2.75) is 20.3 Å². The molecule has 1 rings (SSSR count). The van der Waals surface area contributed by atoms with E-state index in [1.54, 1.807) is 4.90 Å². The van der Waals surface area contributed by atoms with Gasteiger partial charge in [-0.3, -0.25) is 4.79 Å². The van der Waals surface area contributed by atoms with Crippen LogP contribution in [-0.2, 0) is 0 Å². The molecule has 1 N–H and O–H groups in total. The molecule has 0 aromatic heterocycles. The van der Waals surface area contributed by atoms with Gasteiger partial charge in [0.25, 0.3) is 5.91 Å². The van der Waals surface area contributed by atoms with Crippen LogP contribution in [0.5, 0.6) is 0 Å². The van der Waals surface area contributed by atoms with Crippen LogP contribution >= 0.6 is 0 Å². The van der Waals surface area contributed by atoms with Crippen LogP contribution in [0.1, 0.15) is 29.3 Å². The summed E-state index contributed by atoms with van der Waals surface area (Å²) in [5, 5.41) is 3.07. The smallest absolute Gasteiger partial charge is 0.255 e. The number of nitrogens with one attached hydrogen (secondary N) is 1. The Bertz CT molecular complexity index is 374. The van der Waals surface area contributed by atoms with Gasteiger partial charge in [0.15, 0.2) is 0 Å². The quantitative estimate of drug-likeness (QED) is 0.845. The van der Waals surface area contributed by atoms with Crippen molar-refractivity contribution in [3.8, 4) is 0 Å². The lowest BCUT2D eigenvalue weighted by molar-refractivity contribution is 0.0796. The fraction of sp³-hybridized carbons (Fsp3) is 0.462. The van der Waals surface area contributed by atoms with Crippen molar-refractivity contribution in [2.75, 3.05) is 26.0 Å². The molecule has 0 radical (unpaired) electrons. The van der Waals surface area contributed by atoms with Crippen LogP contribution in [0, 0.1) is 6.92 Å². The highest BCUT2D eigenvalue weighted by Crippen LogP contribution is 2.18. The maximum Gasteiger partial charge on any atom is 0.255 e. The Hall–Kier alpha value is -1.51. The van der Waals surface area contributed by atoms with E-state index in [-0.39, 0.29) is 5.91 Å². The summed E-state index contributed by atoms with van der Waals surface area (Å²) < 4.78 is 0. The number of benzene rings is 1. The van der Waals surface area contributed by atoms with E-state index >= 15 is 0 Å². The van der Waals surface area contributed by atoms with Crippen molar-refractivity contribution in [1.29, 1.82) is 0 Å². The van der Waals surface area contributed by atoms with E-state index in [4.69, 9.17) is 0 Å². The molecule has 16 heavy (non-hydrogen) atoms. The van der Waals surface area contributed by atoms with Gasteiger partial charge in [-0.25, -0.2) is 0 Å². The van der Waals surface area contributed by atoms with Crippen LogP contribution < -0.4 is 5.32 Å². The standard InChI is InChI=1S/C13H20N2O/c1-5-8-15(4)13(16)11-7-6-10(2)9-12(11)14-3/h6-7,9,14H,5,8H2,1-4H3. The number of rotatable bonds is 4. The summed E-state index contributed by atoms with van der Waals surface area (Å²) in [5.41, 5.74) is 2.79. The SMILES string of the molecule is CCCN(C)C(=O)c1ccc(C)cc1NC. The molecular formula is C13H20N2O. The van der Waals surface area contributed by atoms with E-state index in [0.717, 1.165) is 29.8 Å².